The molecule has 1 saturated heterocycles. The van der Waals surface area contributed by atoms with Gasteiger partial charge in [-0.2, -0.15) is 0 Å². The molecule has 0 N–H and O–H groups in total. The highest BCUT2D eigenvalue weighted by Gasteiger charge is 2.22. The van der Waals surface area contributed by atoms with Crippen LogP contribution in [0.3, 0.4) is 0 Å². The second kappa shape index (κ2) is 6.74. The Labute approximate surface area is 142 Å². The molecule has 1 amide bonds. The Morgan fingerprint density at radius 2 is 1.87 bits per heavy atom. The SMILES string of the molecule is COc1cc(Br)cc2cc(C(=O)N3CCCCCC3)c(=O)oc12. The fourth-order valence-electron chi connectivity index (χ4n) is 2.91. The number of carbonyl (C=O) groups excluding carboxylic acids is 1. The van der Waals surface area contributed by atoms with Gasteiger partial charge in [0, 0.05) is 22.9 Å². The summed E-state index contributed by atoms with van der Waals surface area (Å²) in [6.45, 7) is 1.39. The summed E-state index contributed by atoms with van der Waals surface area (Å²) in [7, 11) is 1.51. The van der Waals surface area contributed by atoms with Crippen LogP contribution in [0, 0.1) is 0 Å². The summed E-state index contributed by atoms with van der Waals surface area (Å²) in [5.74, 6) is 0.210. The van der Waals surface area contributed by atoms with E-state index in [1.54, 1.807) is 23.1 Å². The highest BCUT2D eigenvalue weighted by molar-refractivity contribution is 9.10. The molecule has 2 aromatic rings. The van der Waals surface area contributed by atoms with E-state index in [0.29, 0.717) is 29.8 Å². The Balaban J connectivity index is 2.05. The lowest BCUT2D eigenvalue weighted by molar-refractivity contribution is 0.0757. The largest absolute Gasteiger partial charge is 0.493 e. The maximum Gasteiger partial charge on any atom is 0.349 e. The van der Waals surface area contributed by atoms with Crippen LogP contribution >= 0.6 is 15.9 Å². The van der Waals surface area contributed by atoms with Gasteiger partial charge in [0.1, 0.15) is 5.56 Å². The third kappa shape index (κ3) is 3.27. The lowest BCUT2D eigenvalue weighted by Crippen LogP contribution is -2.34. The summed E-state index contributed by atoms with van der Waals surface area (Å²) in [6.07, 6.45) is 4.20. The van der Waals surface area contributed by atoms with Gasteiger partial charge in [0.05, 0.1) is 7.11 Å². The number of halogens is 1. The standard InChI is InChI=1S/C17H18BrNO4/c1-22-14-10-12(18)8-11-9-13(17(21)23-15(11)14)16(20)19-6-4-2-3-5-7-19/h8-10H,2-7H2,1H3. The predicted octanol–water partition coefficient (Wildman–Crippen LogP) is 3.58. The van der Waals surface area contributed by atoms with Crippen LogP contribution in [-0.4, -0.2) is 31.0 Å². The number of nitrogens with zero attached hydrogens (tertiary/aromatic N) is 1. The van der Waals surface area contributed by atoms with Gasteiger partial charge in [0.25, 0.3) is 5.91 Å². The van der Waals surface area contributed by atoms with Gasteiger partial charge in [-0.05, 0) is 31.0 Å². The number of ether oxygens (including phenoxy) is 1. The maximum absolute atomic E-state index is 12.7. The Hall–Kier alpha value is -1.82. The molecule has 1 fully saturated rings. The minimum Gasteiger partial charge on any atom is -0.493 e. The molecule has 0 aliphatic carbocycles. The van der Waals surface area contributed by atoms with Crippen LogP contribution in [0.15, 0.2) is 31.9 Å². The maximum atomic E-state index is 12.7. The van der Waals surface area contributed by atoms with Crippen molar-refractivity contribution < 1.29 is 13.9 Å². The molecule has 5 nitrogen and oxygen atoms in total. The van der Waals surface area contributed by atoms with E-state index in [2.05, 4.69) is 15.9 Å². The van der Waals surface area contributed by atoms with Crippen LogP contribution in [0.2, 0.25) is 0 Å². The van der Waals surface area contributed by atoms with Crippen molar-refractivity contribution in [2.75, 3.05) is 20.2 Å². The van der Waals surface area contributed by atoms with E-state index in [4.69, 9.17) is 9.15 Å². The number of benzene rings is 1. The topological polar surface area (TPSA) is 59.8 Å². The van der Waals surface area contributed by atoms with E-state index < -0.39 is 5.63 Å². The number of amides is 1. The molecule has 0 unspecified atom stereocenters. The van der Waals surface area contributed by atoms with Gasteiger partial charge >= 0.3 is 5.63 Å². The molecule has 0 bridgehead atoms. The number of likely N-dealkylation sites (tertiary alicyclic amines) is 1. The van der Waals surface area contributed by atoms with E-state index in [1.165, 1.54) is 7.11 Å². The van der Waals surface area contributed by atoms with Gasteiger partial charge in [0.2, 0.25) is 0 Å². The van der Waals surface area contributed by atoms with Gasteiger partial charge in [-0.25, -0.2) is 4.79 Å². The van der Waals surface area contributed by atoms with Crippen molar-refractivity contribution in [2.45, 2.75) is 25.7 Å². The Morgan fingerprint density at radius 1 is 1.17 bits per heavy atom. The average molecular weight is 380 g/mol. The van der Waals surface area contributed by atoms with Crippen molar-refractivity contribution in [1.82, 2.24) is 4.90 Å². The summed E-state index contributed by atoms with van der Waals surface area (Å²) in [4.78, 5) is 26.7. The lowest BCUT2D eigenvalue weighted by atomic mass is 10.1. The first-order valence-corrected chi connectivity index (χ1v) is 8.50. The first kappa shape index (κ1) is 16.1. The van der Waals surface area contributed by atoms with Crippen LogP contribution in [0.25, 0.3) is 11.0 Å². The van der Waals surface area contributed by atoms with Crippen molar-refractivity contribution in [3.63, 3.8) is 0 Å². The number of fused-ring (bicyclic) bond motifs is 1. The Kier molecular flexibility index (Phi) is 4.71. The highest BCUT2D eigenvalue weighted by atomic mass is 79.9. The minimum atomic E-state index is -0.618. The van der Waals surface area contributed by atoms with E-state index >= 15 is 0 Å². The van der Waals surface area contributed by atoms with E-state index in [-0.39, 0.29) is 11.5 Å². The molecular weight excluding hydrogens is 362 g/mol. The molecule has 0 saturated carbocycles. The molecule has 122 valence electrons. The molecule has 0 spiro atoms. The van der Waals surface area contributed by atoms with E-state index in [0.717, 1.165) is 30.2 Å². The van der Waals surface area contributed by atoms with Crippen LogP contribution in [0.1, 0.15) is 36.0 Å². The molecule has 1 aromatic carbocycles. The predicted molar refractivity (Wildman–Crippen MR) is 91.1 cm³/mol. The summed E-state index contributed by atoms with van der Waals surface area (Å²) in [6, 6.07) is 5.13. The molecular formula is C17H18BrNO4. The third-order valence-corrected chi connectivity index (χ3v) is 4.56. The number of methoxy groups -OCH3 is 1. The number of carbonyl (C=O) groups is 1. The fraction of sp³-hybridized carbons (Fsp3) is 0.412. The first-order valence-electron chi connectivity index (χ1n) is 7.71. The number of hydrogen-bond donors (Lipinski definition) is 0. The Morgan fingerprint density at radius 3 is 2.52 bits per heavy atom. The minimum absolute atomic E-state index is 0.0829. The molecule has 23 heavy (non-hydrogen) atoms. The van der Waals surface area contributed by atoms with Gasteiger partial charge in [-0.1, -0.05) is 28.8 Å². The molecule has 1 aliphatic rings. The van der Waals surface area contributed by atoms with Gasteiger partial charge < -0.3 is 14.1 Å². The van der Waals surface area contributed by atoms with Crippen LogP contribution < -0.4 is 10.4 Å². The summed E-state index contributed by atoms with van der Waals surface area (Å²) >= 11 is 3.40. The van der Waals surface area contributed by atoms with Gasteiger partial charge in [-0.15, -0.1) is 0 Å². The molecule has 1 aliphatic heterocycles. The van der Waals surface area contributed by atoms with Crippen molar-refractivity contribution in [1.29, 1.82) is 0 Å². The van der Waals surface area contributed by atoms with Crippen LogP contribution in [-0.2, 0) is 0 Å². The highest BCUT2D eigenvalue weighted by Crippen LogP contribution is 2.29. The van der Waals surface area contributed by atoms with E-state index in [9.17, 15) is 9.59 Å². The van der Waals surface area contributed by atoms with Crippen molar-refractivity contribution >= 4 is 32.8 Å². The molecule has 3 rings (SSSR count). The second-order valence-corrected chi connectivity index (χ2v) is 6.60. The third-order valence-electron chi connectivity index (χ3n) is 4.11. The van der Waals surface area contributed by atoms with E-state index in [1.807, 2.05) is 0 Å². The summed E-state index contributed by atoms with van der Waals surface area (Å²) < 4.78 is 11.4. The zero-order valence-corrected chi connectivity index (χ0v) is 14.5. The zero-order valence-electron chi connectivity index (χ0n) is 12.9. The van der Waals surface area contributed by atoms with Gasteiger partial charge in [-0.3, -0.25) is 4.79 Å². The average Bonchev–Trinajstić information content (AvgIpc) is 2.82. The van der Waals surface area contributed by atoms with Crippen LogP contribution in [0.5, 0.6) is 5.75 Å². The van der Waals surface area contributed by atoms with Crippen molar-refractivity contribution in [3.8, 4) is 5.75 Å². The number of hydrogen-bond acceptors (Lipinski definition) is 4. The molecule has 6 heteroatoms. The lowest BCUT2D eigenvalue weighted by Gasteiger charge is -2.19. The summed E-state index contributed by atoms with van der Waals surface area (Å²) in [5.41, 5.74) is -0.181. The first-order chi connectivity index (χ1) is 11.1. The zero-order chi connectivity index (χ0) is 16.4. The van der Waals surface area contributed by atoms with Crippen molar-refractivity contribution in [2.24, 2.45) is 0 Å². The molecule has 0 atom stereocenters. The monoisotopic (exact) mass is 379 g/mol. The normalized spacial score (nSPS) is 15.5. The second-order valence-electron chi connectivity index (χ2n) is 5.68. The quantitative estimate of drug-likeness (QED) is 0.748. The van der Waals surface area contributed by atoms with Crippen LogP contribution in [0.4, 0.5) is 0 Å². The fourth-order valence-corrected chi connectivity index (χ4v) is 3.37. The number of rotatable bonds is 2. The molecule has 2 heterocycles. The molecule has 0 radical (unpaired) electrons. The molecule has 1 aromatic heterocycles. The van der Waals surface area contributed by atoms with Crippen molar-refractivity contribution in [3.05, 3.63) is 38.7 Å². The Bertz CT molecular complexity index is 791. The summed E-state index contributed by atoms with van der Waals surface area (Å²) in [5, 5.41) is 0.661. The smallest absolute Gasteiger partial charge is 0.349 e. The van der Waals surface area contributed by atoms with Gasteiger partial charge in [0.15, 0.2) is 11.3 Å².